The minimum atomic E-state index is -0.396. The predicted octanol–water partition coefficient (Wildman–Crippen LogP) is 1.73. The van der Waals surface area contributed by atoms with E-state index in [4.69, 9.17) is 14.2 Å². The van der Waals surface area contributed by atoms with E-state index in [2.05, 4.69) is 4.99 Å². The van der Waals surface area contributed by atoms with E-state index < -0.39 is 5.97 Å². The van der Waals surface area contributed by atoms with E-state index in [-0.39, 0.29) is 19.1 Å². The third-order valence-electron chi connectivity index (χ3n) is 3.03. The van der Waals surface area contributed by atoms with Gasteiger partial charge in [-0.05, 0) is 6.92 Å². The highest BCUT2D eigenvalue weighted by Crippen LogP contribution is 2.33. The number of fused-ring (bicyclic) bond motifs is 1. The Kier molecular flexibility index (Phi) is 5.38. The summed E-state index contributed by atoms with van der Waals surface area (Å²) in [5.41, 5.74) is 0.723. The molecule has 0 aliphatic carbocycles. The first-order chi connectivity index (χ1) is 11.0. The first kappa shape index (κ1) is 17.0. The highest BCUT2D eigenvalue weighted by molar-refractivity contribution is 7.16. The summed E-state index contributed by atoms with van der Waals surface area (Å²) in [5.74, 6) is 0.365. The number of benzene rings is 1. The molecule has 124 valence electrons. The molecule has 1 aromatic heterocycles. The molecule has 0 saturated carbocycles. The van der Waals surface area contributed by atoms with E-state index in [9.17, 15) is 9.59 Å². The number of hydrogen-bond acceptors (Lipinski definition) is 6. The smallest absolute Gasteiger partial charge is 0.326 e. The van der Waals surface area contributed by atoms with Gasteiger partial charge in [0, 0.05) is 19.1 Å². The van der Waals surface area contributed by atoms with Gasteiger partial charge in [0.15, 0.2) is 16.3 Å². The number of aromatic nitrogens is 1. The van der Waals surface area contributed by atoms with Crippen molar-refractivity contribution in [3.63, 3.8) is 0 Å². The van der Waals surface area contributed by atoms with E-state index in [1.165, 1.54) is 25.4 Å². The van der Waals surface area contributed by atoms with Crippen LogP contribution >= 0.6 is 11.3 Å². The Hall–Kier alpha value is -2.35. The number of esters is 1. The second kappa shape index (κ2) is 7.28. The monoisotopic (exact) mass is 338 g/mol. The molecular weight excluding hydrogens is 320 g/mol. The van der Waals surface area contributed by atoms with E-state index in [0.717, 1.165) is 10.2 Å². The van der Waals surface area contributed by atoms with Gasteiger partial charge < -0.3 is 18.8 Å². The molecule has 23 heavy (non-hydrogen) atoms. The van der Waals surface area contributed by atoms with Gasteiger partial charge in [-0.1, -0.05) is 11.3 Å². The van der Waals surface area contributed by atoms with Crippen molar-refractivity contribution in [2.75, 3.05) is 20.8 Å². The zero-order valence-corrected chi connectivity index (χ0v) is 14.2. The summed E-state index contributed by atoms with van der Waals surface area (Å²) in [6.45, 7) is 3.36. The Morgan fingerprint density at radius 3 is 2.43 bits per heavy atom. The molecule has 1 amide bonds. The molecule has 8 heteroatoms. The van der Waals surface area contributed by atoms with Crippen molar-refractivity contribution in [3.8, 4) is 11.5 Å². The van der Waals surface area contributed by atoms with Crippen molar-refractivity contribution in [1.29, 1.82) is 0 Å². The van der Waals surface area contributed by atoms with Crippen molar-refractivity contribution in [3.05, 3.63) is 16.9 Å². The average Bonchev–Trinajstić information content (AvgIpc) is 2.82. The molecule has 0 N–H and O–H groups in total. The first-order valence-corrected chi connectivity index (χ1v) is 7.78. The van der Waals surface area contributed by atoms with Crippen LogP contribution in [0.3, 0.4) is 0 Å². The van der Waals surface area contributed by atoms with Crippen LogP contribution in [-0.4, -0.2) is 37.3 Å². The Bertz CT molecular complexity index is 806. The summed E-state index contributed by atoms with van der Waals surface area (Å²) < 4.78 is 18.0. The molecule has 0 spiro atoms. The summed E-state index contributed by atoms with van der Waals surface area (Å²) >= 11 is 1.29. The number of thiazole rings is 1. The molecule has 2 aromatic rings. The van der Waals surface area contributed by atoms with Crippen LogP contribution in [0.25, 0.3) is 10.2 Å². The summed E-state index contributed by atoms with van der Waals surface area (Å²) in [4.78, 5) is 27.6. The number of methoxy groups -OCH3 is 2. The van der Waals surface area contributed by atoms with E-state index in [1.807, 2.05) is 0 Å². The summed E-state index contributed by atoms with van der Waals surface area (Å²) in [5, 5.41) is 0. The number of ether oxygens (including phenoxy) is 3. The lowest BCUT2D eigenvalue weighted by Gasteiger charge is -2.09. The van der Waals surface area contributed by atoms with Crippen LogP contribution in [0.2, 0.25) is 0 Å². The fraction of sp³-hybridized carbons (Fsp3) is 0.400. The quantitative estimate of drug-likeness (QED) is 0.776. The maximum Gasteiger partial charge on any atom is 0.326 e. The van der Waals surface area contributed by atoms with Crippen molar-refractivity contribution in [2.45, 2.75) is 20.4 Å². The lowest BCUT2D eigenvalue weighted by Crippen LogP contribution is -2.22. The molecule has 0 unspecified atom stereocenters. The third-order valence-corrected chi connectivity index (χ3v) is 4.07. The molecule has 0 atom stereocenters. The Labute approximate surface area is 137 Å². The standard InChI is InChI=1S/C15H18N2O5S/c1-5-22-14(19)8-17-10-6-11(20-3)12(21-4)7-13(10)23-15(17)16-9(2)18/h6-7H,5,8H2,1-4H3. The summed E-state index contributed by atoms with van der Waals surface area (Å²) in [7, 11) is 3.08. The topological polar surface area (TPSA) is 79.1 Å². The Balaban J connectivity index is 2.68. The predicted molar refractivity (Wildman–Crippen MR) is 85.8 cm³/mol. The highest BCUT2D eigenvalue weighted by Gasteiger charge is 2.15. The van der Waals surface area contributed by atoms with Gasteiger partial charge in [-0.2, -0.15) is 4.99 Å². The van der Waals surface area contributed by atoms with Crippen LogP contribution < -0.4 is 14.3 Å². The Morgan fingerprint density at radius 1 is 1.22 bits per heavy atom. The SMILES string of the molecule is CCOC(=O)Cn1c(=NC(C)=O)sc2cc(OC)c(OC)cc21. The number of nitrogens with zero attached hydrogens (tertiary/aromatic N) is 2. The molecule has 0 bridgehead atoms. The van der Waals surface area contributed by atoms with Gasteiger partial charge in [0.2, 0.25) is 5.91 Å². The van der Waals surface area contributed by atoms with Crippen LogP contribution in [0.4, 0.5) is 0 Å². The van der Waals surface area contributed by atoms with Gasteiger partial charge in [0.05, 0.1) is 31.0 Å². The molecule has 0 aliphatic heterocycles. The lowest BCUT2D eigenvalue weighted by molar-refractivity contribution is -0.143. The zero-order chi connectivity index (χ0) is 17.0. The van der Waals surface area contributed by atoms with Crippen molar-refractivity contribution in [2.24, 2.45) is 4.99 Å². The summed E-state index contributed by atoms with van der Waals surface area (Å²) in [6.07, 6.45) is 0. The Morgan fingerprint density at radius 2 is 1.87 bits per heavy atom. The molecule has 0 aliphatic rings. The lowest BCUT2D eigenvalue weighted by atomic mass is 10.3. The average molecular weight is 338 g/mol. The maximum atomic E-state index is 11.8. The van der Waals surface area contributed by atoms with Crippen LogP contribution in [0.1, 0.15) is 13.8 Å². The van der Waals surface area contributed by atoms with Crippen LogP contribution in [0.5, 0.6) is 11.5 Å². The van der Waals surface area contributed by atoms with Crippen LogP contribution in [0, 0.1) is 0 Å². The van der Waals surface area contributed by atoms with Crippen molar-refractivity contribution in [1.82, 2.24) is 4.57 Å². The van der Waals surface area contributed by atoms with Crippen molar-refractivity contribution < 1.29 is 23.8 Å². The maximum absolute atomic E-state index is 11.8. The number of rotatable bonds is 5. The molecule has 1 heterocycles. The van der Waals surface area contributed by atoms with Gasteiger partial charge in [0.25, 0.3) is 0 Å². The van der Waals surface area contributed by atoms with Gasteiger partial charge in [-0.15, -0.1) is 0 Å². The second-order valence-electron chi connectivity index (χ2n) is 4.58. The second-order valence-corrected chi connectivity index (χ2v) is 5.59. The van der Waals surface area contributed by atoms with Crippen molar-refractivity contribution >= 4 is 33.4 Å². The van der Waals surface area contributed by atoms with Gasteiger partial charge in [-0.25, -0.2) is 0 Å². The molecule has 0 saturated heterocycles. The minimum Gasteiger partial charge on any atom is -0.493 e. The van der Waals surface area contributed by atoms with Gasteiger partial charge >= 0.3 is 5.97 Å². The fourth-order valence-electron chi connectivity index (χ4n) is 2.11. The molecular formula is C15H18N2O5S. The molecule has 2 rings (SSSR count). The van der Waals surface area contributed by atoms with Crippen LogP contribution in [-0.2, 0) is 20.9 Å². The van der Waals surface area contributed by atoms with E-state index >= 15 is 0 Å². The molecule has 7 nitrogen and oxygen atoms in total. The highest BCUT2D eigenvalue weighted by atomic mass is 32.1. The van der Waals surface area contributed by atoms with Gasteiger partial charge in [0.1, 0.15) is 6.54 Å². The fourth-order valence-corrected chi connectivity index (χ4v) is 3.19. The van der Waals surface area contributed by atoms with E-state index in [0.29, 0.717) is 16.3 Å². The van der Waals surface area contributed by atoms with Gasteiger partial charge in [-0.3, -0.25) is 9.59 Å². The first-order valence-electron chi connectivity index (χ1n) is 6.96. The summed E-state index contributed by atoms with van der Waals surface area (Å²) in [6, 6.07) is 3.54. The number of carbonyl (C=O) groups excluding carboxylic acids is 2. The molecule has 0 fully saturated rings. The minimum absolute atomic E-state index is 0.0323. The van der Waals surface area contributed by atoms with E-state index in [1.54, 1.807) is 30.7 Å². The van der Waals surface area contributed by atoms with Crippen LogP contribution in [0.15, 0.2) is 17.1 Å². The number of amides is 1. The molecule has 1 aromatic carbocycles. The largest absolute Gasteiger partial charge is 0.493 e. The zero-order valence-electron chi connectivity index (χ0n) is 13.4. The number of hydrogen-bond donors (Lipinski definition) is 0. The normalized spacial score (nSPS) is 11.6. The third kappa shape index (κ3) is 3.70. The molecule has 0 radical (unpaired) electrons. The number of carbonyl (C=O) groups is 2.